The predicted octanol–water partition coefficient (Wildman–Crippen LogP) is 4.20. The zero-order valence-corrected chi connectivity index (χ0v) is 22.3. The van der Waals surface area contributed by atoms with E-state index in [2.05, 4.69) is 25.2 Å². The molecule has 3 aromatic rings. The summed E-state index contributed by atoms with van der Waals surface area (Å²) < 4.78 is 32.7. The van der Waals surface area contributed by atoms with Crippen molar-refractivity contribution in [3.8, 4) is 11.1 Å². The number of nitrogens with zero attached hydrogens (tertiary/aromatic N) is 5. The van der Waals surface area contributed by atoms with Crippen LogP contribution in [0.3, 0.4) is 0 Å². The number of aryl methyl sites for hydroxylation is 1. The molecule has 5 heterocycles. The molecule has 8 nitrogen and oxygen atoms in total. The first kappa shape index (κ1) is 26.5. The van der Waals surface area contributed by atoms with Gasteiger partial charge in [0.25, 0.3) is 11.8 Å². The Bertz CT molecular complexity index is 1410. The molecule has 2 saturated heterocycles. The van der Waals surface area contributed by atoms with Gasteiger partial charge in [-0.3, -0.25) is 19.7 Å². The minimum absolute atomic E-state index is 0.108. The van der Waals surface area contributed by atoms with Crippen molar-refractivity contribution < 1.29 is 18.3 Å². The van der Waals surface area contributed by atoms with E-state index in [1.54, 1.807) is 23.5 Å². The van der Waals surface area contributed by atoms with Crippen LogP contribution in [0.1, 0.15) is 29.5 Å². The number of hydrogen-bond acceptors (Lipinski definition) is 7. The molecule has 0 aliphatic carbocycles. The fourth-order valence-electron chi connectivity index (χ4n) is 5.50. The second-order valence-electron chi connectivity index (χ2n) is 10.6. The highest BCUT2D eigenvalue weighted by Crippen LogP contribution is 2.30. The molecule has 2 aromatic heterocycles. The summed E-state index contributed by atoms with van der Waals surface area (Å²) >= 11 is 0. The molecule has 10 heteroatoms. The quantitative estimate of drug-likeness (QED) is 0.499. The van der Waals surface area contributed by atoms with Gasteiger partial charge in [-0.15, -0.1) is 0 Å². The number of halogens is 2. The van der Waals surface area contributed by atoms with Crippen LogP contribution in [0.25, 0.3) is 11.1 Å². The summed E-state index contributed by atoms with van der Waals surface area (Å²) in [6, 6.07) is 11.8. The summed E-state index contributed by atoms with van der Waals surface area (Å²) in [7, 11) is 0. The van der Waals surface area contributed by atoms with Gasteiger partial charge in [-0.2, -0.15) is 0 Å². The summed E-state index contributed by atoms with van der Waals surface area (Å²) in [5.41, 5.74) is 5.53. The number of rotatable bonds is 6. The number of hydrogen-bond donors (Lipinski definition) is 1. The predicted molar refractivity (Wildman–Crippen MR) is 150 cm³/mol. The molecule has 0 bridgehead atoms. The van der Waals surface area contributed by atoms with E-state index < -0.39 is 5.92 Å². The average Bonchev–Trinajstić information content (AvgIpc) is 3.17. The molecule has 40 heavy (non-hydrogen) atoms. The van der Waals surface area contributed by atoms with Gasteiger partial charge in [-0.05, 0) is 53.8 Å². The molecule has 1 N–H and O–H groups in total. The second kappa shape index (κ2) is 11.4. The maximum absolute atomic E-state index is 13.7. The molecular formula is C30H32F2N6O2. The molecule has 0 radical (unpaired) electrons. The van der Waals surface area contributed by atoms with Crippen LogP contribution in [-0.4, -0.2) is 78.3 Å². The number of aromatic nitrogens is 2. The summed E-state index contributed by atoms with van der Waals surface area (Å²) in [4.78, 5) is 30.9. The Kier molecular flexibility index (Phi) is 7.53. The van der Waals surface area contributed by atoms with E-state index in [0.29, 0.717) is 44.2 Å². The molecule has 1 aromatic carbocycles. The number of fused-ring (bicyclic) bond motifs is 1. The lowest BCUT2D eigenvalue weighted by atomic mass is 9.94. The lowest BCUT2D eigenvalue weighted by molar-refractivity contribution is -0.110. The molecule has 0 saturated carbocycles. The standard InChI is InChI=1S/C30H32F2N6O2/c31-30(32)7-9-37(20-30)19-21-14-24(17-33-16-21)23-4-3-22-2-1-8-34-28(26(22)15-23)29(39)36-25-5-6-27(35-18-25)38-10-12-40-13-11-38/h3-6,14-18H,1-2,7-13,19-20H2,(H,36,39). The first-order chi connectivity index (χ1) is 19.4. The van der Waals surface area contributed by atoms with E-state index in [1.807, 2.05) is 36.4 Å². The Hall–Kier alpha value is -3.76. The van der Waals surface area contributed by atoms with Gasteiger partial charge in [0, 0.05) is 62.7 Å². The Labute approximate surface area is 232 Å². The molecule has 0 atom stereocenters. The number of carbonyl (C=O) groups is 1. The fraction of sp³-hybridized carbons (Fsp3) is 0.400. The van der Waals surface area contributed by atoms with Crippen molar-refractivity contribution in [3.05, 3.63) is 71.7 Å². The molecule has 3 aliphatic heterocycles. The largest absolute Gasteiger partial charge is 0.378 e. The van der Waals surface area contributed by atoms with Gasteiger partial charge in [0.1, 0.15) is 11.5 Å². The third-order valence-electron chi connectivity index (χ3n) is 7.58. The highest BCUT2D eigenvalue weighted by atomic mass is 19.3. The van der Waals surface area contributed by atoms with Crippen molar-refractivity contribution in [2.45, 2.75) is 31.7 Å². The Morgan fingerprint density at radius 1 is 1.02 bits per heavy atom. The summed E-state index contributed by atoms with van der Waals surface area (Å²) in [6.07, 6.45) is 6.73. The van der Waals surface area contributed by atoms with Gasteiger partial charge < -0.3 is 15.0 Å². The van der Waals surface area contributed by atoms with Crippen LogP contribution in [0, 0.1) is 0 Å². The van der Waals surface area contributed by atoms with Crippen LogP contribution < -0.4 is 10.2 Å². The summed E-state index contributed by atoms with van der Waals surface area (Å²) in [5.74, 6) is -2.04. The summed E-state index contributed by atoms with van der Waals surface area (Å²) in [5, 5.41) is 2.97. The summed E-state index contributed by atoms with van der Waals surface area (Å²) in [6.45, 7) is 4.08. The molecule has 3 aliphatic rings. The second-order valence-corrected chi connectivity index (χ2v) is 10.6. The Morgan fingerprint density at radius 2 is 1.90 bits per heavy atom. The first-order valence-electron chi connectivity index (χ1n) is 13.8. The van der Waals surface area contributed by atoms with Gasteiger partial charge >= 0.3 is 0 Å². The zero-order valence-electron chi connectivity index (χ0n) is 22.3. The number of alkyl halides is 2. The Morgan fingerprint density at radius 3 is 2.67 bits per heavy atom. The number of morpholine rings is 1. The zero-order chi connectivity index (χ0) is 27.5. The minimum Gasteiger partial charge on any atom is -0.378 e. The van der Waals surface area contributed by atoms with Gasteiger partial charge in [0.2, 0.25) is 0 Å². The average molecular weight is 547 g/mol. The molecule has 0 spiro atoms. The van der Waals surface area contributed by atoms with Crippen molar-refractivity contribution in [1.82, 2.24) is 14.9 Å². The van der Waals surface area contributed by atoms with Crippen molar-refractivity contribution in [1.29, 1.82) is 0 Å². The van der Waals surface area contributed by atoms with Crippen molar-refractivity contribution >= 4 is 23.1 Å². The van der Waals surface area contributed by atoms with E-state index in [9.17, 15) is 13.6 Å². The van der Waals surface area contributed by atoms with Crippen molar-refractivity contribution in [2.24, 2.45) is 4.99 Å². The van der Waals surface area contributed by atoms with Gasteiger partial charge in [-0.1, -0.05) is 12.1 Å². The third-order valence-corrected chi connectivity index (χ3v) is 7.58. The lowest BCUT2D eigenvalue weighted by Gasteiger charge is -2.27. The van der Waals surface area contributed by atoms with Crippen LogP contribution in [0.15, 0.2) is 60.0 Å². The number of anilines is 2. The number of pyridine rings is 2. The van der Waals surface area contributed by atoms with E-state index in [0.717, 1.165) is 59.6 Å². The number of aliphatic imine (C=N–C) groups is 1. The molecule has 1 amide bonds. The van der Waals surface area contributed by atoms with Crippen LogP contribution in [0.5, 0.6) is 0 Å². The smallest absolute Gasteiger partial charge is 0.274 e. The van der Waals surface area contributed by atoms with Crippen molar-refractivity contribution in [3.63, 3.8) is 0 Å². The van der Waals surface area contributed by atoms with Gasteiger partial charge in [-0.25, -0.2) is 13.8 Å². The normalized spacial score (nSPS) is 19.1. The number of ether oxygens (including phenoxy) is 1. The highest BCUT2D eigenvalue weighted by molar-refractivity contribution is 6.49. The van der Waals surface area contributed by atoms with Crippen molar-refractivity contribution in [2.75, 3.05) is 56.2 Å². The molecule has 0 unspecified atom stereocenters. The third kappa shape index (κ3) is 6.03. The monoisotopic (exact) mass is 546 g/mol. The molecular weight excluding hydrogens is 514 g/mol. The number of nitrogens with one attached hydrogen (secondary N) is 1. The van der Waals surface area contributed by atoms with E-state index in [4.69, 9.17) is 4.74 Å². The maximum Gasteiger partial charge on any atom is 0.274 e. The maximum atomic E-state index is 13.7. The van der Waals surface area contributed by atoms with Crippen LogP contribution in [-0.2, 0) is 22.5 Å². The first-order valence-corrected chi connectivity index (χ1v) is 13.8. The van der Waals surface area contributed by atoms with Crippen LogP contribution in [0.4, 0.5) is 20.3 Å². The lowest BCUT2D eigenvalue weighted by Crippen LogP contribution is -2.36. The molecule has 208 valence electrons. The van der Waals surface area contributed by atoms with Crippen LogP contribution >= 0.6 is 0 Å². The number of amides is 1. The highest BCUT2D eigenvalue weighted by Gasteiger charge is 2.38. The van der Waals surface area contributed by atoms with Gasteiger partial charge in [0.15, 0.2) is 0 Å². The topological polar surface area (TPSA) is 83.0 Å². The fourth-order valence-corrected chi connectivity index (χ4v) is 5.50. The SMILES string of the molecule is O=C(Nc1ccc(N2CCOCC2)nc1)C1=NCCCc2ccc(-c3cncc(CN4CCC(F)(F)C4)c3)cc21. The van der Waals surface area contributed by atoms with Crippen LogP contribution in [0.2, 0.25) is 0 Å². The van der Waals surface area contributed by atoms with E-state index >= 15 is 0 Å². The minimum atomic E-state index is -2.63. The number of likely N-dealkylation sites (tertiary alicyclic amines) is 1. The molecule has 6 rings (SSSR count). The van der Waals surface area contributed by atoms with Gasteiger partial charge in [0.05, 0.1) is 31.6 Å². The number of carbonyl (C=O) groups excluding carboxylic acids is 1. The number of benzene rings is 1. The Balaban J connectivity index is 1.20. The van der Waals surface area contributed by atoms with E-state index in [1.165, 1.54) is 0 Å². The van der Waals surface area contributed by atoms with E-state index in [-0.39, 0.29) is 18.9 Å². The molecule has 2 fully saturated rings.